The zero-order valence-electron chi connectivity index (χ0n) is 9.53. The zero-order valence-corrected chi connectivity index (χ0v) is 11.1. The molecule has 0 aliphatic carbocycles. The third-order valence-corrected chi connectivity index (χ3v) is 3.96. The summed E-state index contributed by atoms with van der Waals surface area (Å²) in [5.41, 5.74) is 0. The van der Waals surface area contributed by atoms with E-state index in [4.69, 9.17) is 16.7 Å². The maximum Gasteiger partial charge on any atom is 0.349 e. The highest BCUT2D eigenvalue weighted by Crippen LogP contribution is 2.30. The highest BCUT2D eigenvalue weighted by atomic mass is 35.5. The number of aromatic carboxylic acids is 1. The summed E-state index contributed by atoms with van der Waals surface area (Å²) in [6.45, 7) is 4.20. The van der Waals surface area contributed by atoms with Crippen LogP contribution in [0.4, 0.5) is 5.13 Å². The van der Waals surface area contributed by atoms with Gasteiger partial charge in [0.15, 0.2) is 15.2 Å². The summed E-state index contributed by atoms with van der Waals surface area (Å²) in [5.74, 6) is -1.02. The summed E-state index contributed by atoms with van der Waals surface area (Å²) in [5, 5.41) is 9.60. The van der Waals surface area contributed by atoms with E-state index in [0.717, 1.165) is 24.2 Å². The Bertz CT molecular complexity index is 381. The van der Waals surface area contributed by atoms with Crippen LogP contribution in [0.1, 0.15) is 36.4 Å². The van der Waals surface area contributed by atoms with Crippen molar-refractivity contribution in [2.45, 2.75) is 32.7 Å². The van der Waals surface area contributed by atoms with Crippen LogP contribution in [0.15, 0.2) is 0 Å². The molecule has 0 radical (unpaired) electrons. The molecule has 0 saturated carbocycles. The second-order valence-electron chi connectivity index (χ2n) is 3.67. The van der Waals surface area contributed by atoms with E-state index in [1.165, 1.54) is 0 Å². The van der Waals surface area contributed by atoms with Crippen molar-refractivity contribution < 1.29 is 9.90 Å². The standard InChI is InChI=1S/C10H15ClN2O2S/c1-4-5-6(2)13(3)10-12-8(11)7(16-10)9(14)15/h6H,4-5H2,1-3H3,(H,14,15). The van der Waals surface area contributed by atoms with E-state index in [1.807, 2.05) is 11.9 Å². The van der Waals surface area contributed by atoms with Crippen LogP contribution in [-0.4, -0.2) is 29.1 Å². The van der Waals surface area contributed by atoms with Gasteiger partial charge in [0.05, 0.1) is 0 Å². The summed E-state index contributed by atoms with van der Waals surface area (Å²) in [6.07, 6.45) is 2.12. The van der Waals surface area contributed by atoms with Gasteiger partial charge in [-0.25, -0.2) is 9.78 Å². The third kappa shape index (κ3) is 2.86. The molecular weight excluding hydrogens is 248 g/mol. The largest absolute Gasteiger partial charge is 0.477 e. The summed E-state index contributed by atoms with van der Waals surface area (Å²) < 4.78 is 0. The van der Waals surface area contributed by atoms with Gasteiger partial charge in [0.2, 0.25) is 0 Å². The Balaban J connectivity index is 2.88. The molecular formula is C10H15ClN2O2S. The van der Waals surface area contributed by atoms with Crippen molar-refractivity contribution in [3.63, 3.8) is 0 Å². The molecule has 16 heavy (non-hydrogen) atoms. The minimum atomic E-state index is -1.02. The number of aromatic nitrogens is 1. The molecule has 0 aliphatic heterocycles. The molecule has 0 bridgehead atoms. The highest BCUT2D eigenvalue weighted by molar-refractivity contribution is 7.18. The van der Waals surface area contributed by atoms with Crippen LogP contribution < -0.4 is 4.90 Å². The molecule has 90 valence electrons. The smallest absolute Gasteiger partial charge is 0.349 e. The predicted octanol–water partition coefficient (Wildman–Crippen LogP) is 3.12. The van der Waals surface area contributed by atoms with Gasteiger partial charge >= 0.3 is 5.97 Å². The van der Waals surface area contributed by atoms with Crippen LogP contribution in [0, 0.1) is 0 Å². The summed E-state index contributed by atoms with van der Waals surface area (Å²) >= 11 is 6.87. The number of carboxylic acids is 1. The van der Waals surface area contributed by atoms with Gasteiger partial charge < -0.3 is 10.0 Å². The second kappa shape index (κ2) is 5.50. The number of nitrogens with zero attached hydrogens (tertiary/aromatic N) is 2. The van der Waals surface area contributed by atoms with Crippen molar-refractivity contribution in [3.8, 4) is 0 Å². The minimum Gasteiger partial charge on any atom is -0.477 e. The number of hydrogen-bond acceptors (Lipinski definition) is 4. The molecule has 0 amide bonds. The number of hydrogen-bond donors (Lipinski definition) is 1. The van der Waals surface area contributed by atoms with Crippen LogP contribution in [-0.2, 0) is 0 Å². The van der Waals surface area contributed by atoms with Crippen molar-refractivity contribution >= 4 is 34.0 Å². The number of rotatable bonds is 5. The summed E-state index contributed by atoms with van der Waals surface area (Å²) in [4.78, 5) is 17.0. The Morgan fingerprint density at radius 1 is 1.69 bits per heavy atom. The van der Waals surface area contributed by atoms with Gasteiger partial charge in [0.25, 0.3) is 0 Å². The average Bonchev–Trinajstić information content (AvgIpc) is 2.59. The third-order valence-electron chi connectivity index (χ3n) is 2.44. The molecule has 0 aliphatic rings. The lowest BCUT2D eigenvalue weighted by molar-refractivity contribution is 0.0702. The number of thiazole rings is 1. The van der Waals surface area contributed by atoms with Gasteiger partial charge in [0, 0.05) is 13.1 Å². The van der Waals surface area contributed by atoms with E-state index in [1.54, 1.807) is 0 Å². The molecule has 1 heterocycles. The number of carbonyl (C=O) groups is 1. The quantitative estimate of drug-likeness (QED) is 0.886. The molecule has 1 N–H and O–H groups in total. The predicted molar refractivity (Wildman–Crippen MR) is 66.9 cm³/mol. The normalized spacial score (nSPS) is 12.5. The highest BCUT2D eigenvalue weighted by Gasteiger charge is 2.19. The molecule has 0 fully saturated rings. The van der Waals surface area contributed by atoms with E-state index in [9.17, 15) is 4.79 Å². The van der Waals surface area contributed by atoms with Gasteiger partial charge in [-0.05, 0) is 13.3 Å². The lowest BCUT2D eigenvalue weighted by Crippen LogP contribution is -2.28. The zero-order chi connectivity index (χ0) is 12.3. The van der Waals surface area contributed by atoms with E-state index in [0.29, 0.717) is 11.2 Å². The molecule has 1 unspecified atom stereocenters. The van der Waals surface area contributed by atoms with E-state index in [-0.39, 0.29) is 10.0 Å². The Kier molecular flexibility index (Phi) is 4.56. The molecule has 6 heteroatoms. The van der Waals surface area contributed by atoms with Gasteiger partial charge in [0.1, 0.15) is 0 Å². The minimum absolute atomic E-state index is 0.0723. The lowest BCUT2D eigenvalue weighted by atomic mass is 10.2. The molecule has 0 aromatic carbocycles. The number of carboxylic acid groups (broad SMARTS) is 1. The molecule has 1 rings (SSSR count). The molecule has 1 aromatic rings. The van der Waals surface area contributed by atoms with Crippen molar-refractivity contribution in [3.05, 3.63) is 10.0 Å². The summed E-state index contributed by atoms with van der Waals surface area (Å²) in [6, 6.07) is 0.328. The number of anilines is 1. The van der Waals surface area contributed by atoms with E-state index >= 15 is 0 Å². The second-order valence-corrected chi connectivity index (χ2v) is 5.01. The van der Waals surface area contributed by atoms with E-state index < -0.39 is 5.97 Å². The summed E-state index contributed by atoms with van der Waals surface area (Å²) in [7, 11) is 1.90. The first-order chi connectivity index (χ1) is 7.47. The molecule has 0 saturated heterocycles. The van der Waals surface area contributed by atoms with Crippen LogP contribution in [0.5, 0.6) is 0 Å². The van der Waals surface area contributed by atoms with Crippen LogP contribution >= 0.6 is 22.9 Å². The maximum absolute atomic E-state index is 10.8. The van der Waals surface area contributed by atoms with Gasteiger partial charge in [-0.2, -0.15) is 0 Å². The molecule has 1 atom stereocenters. The van der Waals surface area contributed by atoms with Crippen molar-refractivity contribution in [2.75, 3.05) is 11.9 Å². The van der Waals surface area contributed by atoms with Crippen LogP contribution in [0.3, 0.4) is 0 Å². The Labute approximate surface area is 104 Å². The fourth-order valence-corrected chi connectivity index (χ4v) is 2.56. The molecule has 1 aromatic heterocycles. The van der Waals surface area contributed by atoms with Crippen molar-refractivity contribution in [2.24, 2.45) is 0 Å². The van der Waals surface area contributed by atoms with Gasteiger partial charge in [-0.1, -0.05) is 36.3 Å². The van der Waals surface area contributed by atoms with E-state index in [2.05, 4.69) is 18.8 Å². The first-order valence-corrected chi connectivity index (χ1v) is 6.29. The first-order valence-electron chi connectivity index (χ1n) is 5.09. The maximum atomic E-state index is 10.8. The van der Waals surface area contributed by atoms with Crippen LogP contribution in [0.25, 0.3) is 0 Å². The first kappa shape index (κ1) is 13.3. The molecule has 4 nitrogen and oxygen atoms in total. The Morgan fingerprint density at radius 3 is 2.75 bits per heavy atom. The molecule has 0 spiro atoms. The fraction of sp³-hybridized carbons (Fsp3) is 0.600. The fourth-order valence-electron chi connectivity index (χ4n) is 1.37. The van der Waals surface area contributed by atoms with Gasteiger partial charge in [-0.3, -0.25) is 0 Å². The average molecular weight is 263 g/mol. The number of halogens is 1. The van der Waals surface area contributed by atoms with Crippen molar-refractivity contribution in [1.82, 2.24) is 4.98 Å². The Morgan fingerprint density at radius 2 is 2.31 bits per heavy atom. The SMILES string of the molecule is CCCC(C)N(C)c1nc(Cl)c(C(=O)O)s1. The van der Waals surface area contributed by atoms with Crippen molar-refractivity contribution in [1.29, 1.82) is 0 Å². The monoisotopic (exact) mass is 262 g/mol. The van der Waals surface area contributed by atoms with Crippen LogP contribution in [0.2, 0.25) is 5.15 Å². The van der Waals surface area contributed by atoms with Gasteiger partial charge in [-0.15, -0.1) is 0 Å². The lowest BCUT2D eigenvalue weighted by Gasteiger charge is -2.23. The topological polar surface area (TPSA) is 53.4 Å². The Hall–Kier alpha value is -0.810.